The van der Waals surface area contributed by atoms with Gasteiger partial charge in [0.25, 0.3) is 8.99 Å². The van der Waals surface area contributed by atoms with Gasteiger partial charge in [-0.15, -0.1) is 0 Å². The van der Waals surface area contributed by atoms with Crippen molar-refractivity contribution in [2.75, 3.05) is 19.9 Å². The minimum Gasteiger partial charge on any atom is -0.469 e. The van der Waals surface area contributed by atoms with E-state index in [0.29, 0.717) is 11.8 Å². The van der Waals surface area contributed by atoms with Crippen molar-refractivity contribution in [3.8, 4) is 5.19 Å². The van der Waals surface area contributed by atoms with Gasteiger partial charge in [0.1, 0.15) is 10.0 Å². The molecule has 10 nitrogen and oxygen atoms in total. The highest BCUT2D eigenvalue weighted by atomic mass is 35.6. The van der Waals surface area contributed by atoms with Crippen molar-refractivity contribution in [2.24, 2.45) is 5.16 Å². The van der Waals surface area contributed by atoms with Gasteiger partial charge in [0, 0.05) is 23.3 Å². The summed E-state index contributed by atoms with van der Waals surface area (Å²) in [6.07, 6.45) is 3.00. The van der Waals surface area contributed by atoms with Crippen LogP contribution in [-0.2, 0) is 8.63 Å². The van der Waals surface area contributed by atoms with E-state index in [0.717, 1.165) is 11.5 Å². The molecule has 0 radical (unpaired) electrons. The van der Waals surface area contributed by atoms with E-state index in [9.17, 15) is 14.9 Å². The molecule has 0 saturated carbocycles. The third-order valence-corrected chi connectivity index (χ3v) is 8.08. The van der Waals surface area contributed by atoms with Gasteiger partial charge < -0.3 is 10.1 Å². The molecule has 2 aromatic rings. The molecule has 1 heterocycles. The number of nitrogens with zero attached hydrogens (tertiary/aromatic N) is 4. The fourth-order valence-electron chi connectivity index (χ4n) is 1.56. The number of aromatic nitrogens is 2. The second kappa shape index (κ2) is 17.4. The van der Waals surface area contributed by atoms with Crippen molar-refractivity contribution in [3.63, 3.8) is 0 Å². The summed E-state index contributed by atoms with van der Waals surface area (Å²) in [6, 6.07) is 0. The van der Waals surface area contributed by atoms with Gasteiger partial charge >= 0.3 is 11.8 Å². The summed E-state index contributed by atoms with van der Waals surface area (Å²) >= 11 is 47.2. The van der Waals surface area contributed by atoms with Crippen molar-refractivity contribution in [3.05, 3.63) is 41.1 Å². The van der Waals surface area contributed by atoms with E-state index in [1.165, 1.54) is 7.05 Å². The number of nitrogens with one attached hydrogen (secondary N) is 1. The second-order valence-corrected chi connectivity index (χ2v) is 13.0. The minimum atomic E-state index is -1.56. The van der Waals surface area contributed by atoms with Gasteiger partial charge in [-0.05, 0) is 27.0 Å². The molecule has 0 aliphatic rings. The van der Waals surface area contributed by atoms with Crippen molar-refractivity contribution >= 4 is 134 Å². The Morgan fingerprint density at radius 1 is 1.13 bits per heavy atom. The van der Waals surface area contributed by atoms with Gasteiger partial charge in [0.2, 0.25) is 0 Å². The number of nitro benzene ring substituents is 1. The van der Waals surface area contributed by atoms with Gasteiger partial charge in [0.15, 0.2) is 5.82 Å². The lowest BCUT2D eigenvalue weighted by atomic mass is 10.2. The predicted octanol–water partition coefficient (Wildman–Crippen LogP) is 9.10. The maximum atomic E-state index is 10.5. The van der Waals surface area contributed by atoms with Crippen LogP contribution < -0.4 is 10.1 Å². The van der Waals surface area contributed by atoms with Crippen LogP contribution in [0.15, 0.2) is 5.16 Å². The van der Waals surface area contributed by atoms with Gasteiger partial charge in [0.05, 0.1) is 32.8 Å². The molecular weight excluding hydrogens is 714 g/mol. The summed E-state index contributed by atoms with van der Waals surface area (Å²) in [5.74, 6) is 0.154. The van der Waals surface area contributed by atoms with Crippen LogP contribution in [0.25, 0.3) is 0 Å². The highest BCUT2D eigenvalue weighted by Crippen LogP contribution is 2.47. The molecule has 214 valence electrons. The van der Waals surface area contributed by atoms with E-state index in [1.54, 1.807) is 18.0 Å². The maximum Gasteiger partial charge on any atom is 0.433 e. The molecule has 20 heteroatoms. The number of hydrogen-bond acceptors (Lipinski definition) is 10. The third-order valence-electron chi connectivity index (χ3n) is 3.53. The Morgan fingerprint density at radius 2 is 1.63 bits per heavy atom. The Balaban J connectivity index is 0.000000543. The minimum absolute atomic E-state index is 0.103. The number of benzene rings is 1. The number of halogens is 8. The smallest absolute Gasteiger partial charge is 0.433 e. The molecule has 0 unspecified atom stereocenters. The predicted molar refractivity (Wildman–Crippen MR) is 160 cm³/mol. The van der Waals surface area contributed by atoms with Crippen LogP contribution in [0.3, 0.4) is 0 Å². The molecular formula is C18H19Cl8N5O5S2. The van der Waals surface area contributed by atoms with Crippen molar-refractivity contribution in [2.45, 2.75) is 29.3 Å². The number of thioether (sulfide) groups is 1. The molecule has 0 aliphatic carbocycles. The monoisotopic (exact) mass is 729 g/mol. The normalized spacial score (nSPS) is 11.2. The summed E-state index contributed by atoms with van der Waals surface area (Å²) in [5.41, 5.74) is -0.548. The zero-order chi connectivity index (χ0) is 29.8. The first-order valence-corrected chi connectivity index (χ1v) is 14.6. The average molecular weight is 733 g/mol. The molecule has 1 aromatic heterocycles. The summed E-state index contributed by atoms with van der Waals surface area (Å²) in [7, 11) is 1.48. The number of carbonyl (C=O) groups is 1. The Hall–Kier alpha value is -0.410. The van der Waals surface area contributed by atoms with E-state index in [1.807, 2.05) is 27.0 Å². The fourth-order valence-corrected chi connectivity index (χ4v) is 4.02. The van der Waals surface area contributed by atoms with Gasteiger partial charge in [-0.25, -0.2) is 4.79 Å². The molecule has 0 fully saturated rings. The lowest BCUT2D eigenvalue weighted by Crippen LogP contribution is -2.19. The van der Waals surface area contributed by atoms with Crippen LogP contribution in [0.1, 0.15) is 26.6 Å². The van der Waals surface area contributed by atoms with Crippen LogP contribution in [0.5, 0.6) is 5.19 Å². The quantitative estimate of drug-likeness (QED) is 0.0593. The number of hydrogen-bond donors (Lipinski definition) is 1. The zero-order valence-corrected chi connectivity index (χ0v) is 27.6. The number of alkyl halides is 3. The highest BCUT2D eigenvalue weighted by molar-refractivity contribution is 8.00. The Labute approximate surface area is 266 Å². The van der Waals surface area contributed by atoms with Crippen LogP contribution in [0.2, 0.25) is 25.1 Å². The highest BCUT2D eigenvalue weighted by Gasteiger charge is 2.29. The number of rotatable bonds is 6. The lowest BCUT2D eigenvalue weighted by Gasteiger charge is -2.13. The molecule has 0 saturated heterocycles. The van der Waals surface area contributed by atoms with Crippen LogP contribution >= 0.6 is 116 Å². The summed E-state index contributed by atoms with van der Waals surface area (Å²) in [4.78, 5) is 28.6. The molecule has 1 aromatic carbocycles. The second-order valence-electron chi connectivity index (χ2n) is 6.66. The number of oxime groups is 1. The molecule has 1 N–H and O–H groups in total. The molecule has 0 aliphatic heterocycles. The van der Waals surface area contributed by atoms with Crippen LogP contribution in [0.4, 0.5) is 10.5 Å². The summed E-state index contributed by atoms with van der Waals surface area (Å²) in [6.45, 7) is 6.33. The van der Waals surface area contributed by atoms with Crippen molar-refractivity contribution in [1.29, 1.82) is 0 Å². The Bertz CT molecular complexity index is 1100. The Kier molecular flexibility index (Phi) is 17.2. The maximum absolute atomic E-state index is 10.5. The van der Waals surface area contributed by atoms with E-state index >= 15 is 0 Å². The molecule has 2 rings (SSSR count). The van der Waals surface area contributed by atoms with E-state index in [2.05, 4.69) is 24.7 Å². The number of amides is 1. The number of nitro groups is 1. The largest absolute Gasteiger partial charge is 0.469 e. The molecule has 0 spiro atoms. The SMILES string of the molecule is CCOc1nc(C(Cl)(Cl)Cl)ns1.CNC(=O)O/N=C/C(C)(C)SC.O=[N+]([O-])c1c(Cl)c(Cl)c(Cl)c(Cl)c1Cl. The topological polar surface area (TPSA) is 129 Å². The fraction of sp³-hybridized carbons (Fsp3) is 0.444. The van der Waals surface area contributed by atoms with Gasteiger partial charge in [-0.3, -0.25) is 15.0 Å². The first-order chi connectivity index (χ1) is 17.4. The lowest BCUT2D eigenvalue weighted by molar-refractivity contribution is -0.384. The zero-order valence-electron chi connectivity index (χ0n) is 20.0. The average Bonchev–Trinajstić information content (AvgIpc) is 3.32. The summed E-state index contributed by atoms with van der Waals surface area (Å²) < 4.78 is 7.20. The van der Waals surface area contributed by atoms with Crippen LogP contribution in [-0.4, -0.2) is 51.2 Å². The first-order valence-electron chi connectivity index (χ1n) is 9.61. The van der Waals surface area contributed by atoms with Gasteiger partial charge in [-0.1, -0.05) is 98.0 Å². The summed E-state index contributed by atoms with van der Waals surface area (Å²) in [5, 5.41) is 15.6. The van der Waals surface area contributed by atoms with E-state index < -0.39 is 20.5 Å². The molecule has 38 heavy (non-hydrogen) atoms. The van der Waals surface area contributed by atoms with Gasteiger partial charge in [-0.2, -0.15) is 21.1 Å². The van der Waals surface area contributed by atoms with E-state index in [4.69, 9.17) is 97.5 Å². The standard InChI is InChI=1S/C7H14N2O2S.C6Cl5NO2.C5H5Cl3N2OS/c1-7(2,12-4)5-9-11-6(10)8-3;7-1-2(8)4(10)6(12(13)14)5(11)3(1)9;1-2-11-4-9-3(10-12-4)5(6,7)8/h5H,1-4H3,(H,8,10);;2H2,1H3/b9-5+;;. The molecule has 1 amide bonds. The van der Waals surface area contributed by atoms with E-state index in [-0.39, 0.29) is 35.7 Å². The first kappa shape index (κ1) is 37.6. The van der Waals surface area contributed by atoms with Crippen molar-refractivity contribution < 1.29 is 19.3 Å². The Morgan fingerprint density at radius 3 is 2.00 bits per heavy atom. The number of ether oxygens (including phenoxy) is 1. The van der Waals surface area contributed by atoms with Crippen LogP contribution in [0, 0.1) is 10.1 Å². The molecule has 0 bridgehead atoms. The third kappa shape index (κ3) is 12.8. The molecule has 0 atom stereocenters. The number of carbonyl (C=O) groups excluding carboxylic acids is 1. The van der Waals surface area contributed by atoms with Crippen molar-refractivity contribution in [1.82, 2.24) is 14.7 Å².